The number of Topliss-reactive ketones (excluding diaryl/α,β-unsaturated/α-hetero) is 1. The smallest absolute Gasteiger partial charge is 0.177 e. The second-order valence-electron chi connectivity index (χ2n) is 7.68. The van der Waals surface area contributed by atoms with Crippen molar-refractivity contribution >= 4 is 5.78 Å². The molecule has 0 bridgehead atoms. The molecule has 6 nitrogen and oxygen atoms in total. The van der Waals surface area contributed by atoms with Crippen molar-refractivity contribution in [3.63, 3.8) is 0 Å². The van der Waals surface area contributed by atoms with Gasteiger partial charge in [0.25, 0.3) is 0 Å². The normalized spacial score (nSPS) is 40.1. The van der Waals surface area contributed by atoms with Gasteiger partial charge in [0, 0.05) is 18.0 Å². The van der Waals surface area contributed by atoms with Gasteiger partial charge >= 0.3 is 0 Å². The van der Waals surface area contributed by atoms with Crippen LogP contribution in [0.25, 0.3) is 0 Å². The number of likely N-dealkylation sites (tertiary alicyclic amines) is 1. The number of carbonyl (C=O) groups is 1. The van der Waals surface area contributed by atoms with Gasteiger partial charge in [-0.25, -0.2) is 0 Å². The lowest BCUT2D eigenvalue weighted by atomic mass is 9.51. The van der Waals surface area contributed by atoms with E-state index >= 15 is 0 Å². The van der Waals surface area contributed by atoms with Gasteiger partial charge in [0.2, 0.25) is 0 Å². The molecule has 1 aromatic carbocycles. The van der Waals surface area contributed by atoms with E-state index in [4.69, 9.17) is 9.47 Å². The van der Waals surface area contributed by atoms with Crippen molar-refractivity contribution in [1.82, 2.24) is 4.90 Å². The topological polar surface area (TPSA) is 79.2 Å². The Hall–Kier alpha value is -1.63. The molecule has 1 saturated carbocycles. The largest absolute Gasteiger partial charge is 0.493 e. The van der Waals surface area contributed by atoms with Gasteiger partial charge in [-0.15, -0.1) is 0 Å². The predicted molar refractivity (Wildman–Crippen MR) is 91.1 cm³/mol. The number of benzene rings is 1. The number of hydrogen-bond donors (Lipinski definition) is 2. The molecule has 136 valence electrons. The van der Waals surface area contributed by atoms with E-state index < -0.39 is 23.2 Å². The summed E-state index contributed by atoms with van der Waals surface area (Å²) in [5.74, 6) is 0.928. The average Bonchev–Trinajstić information content (AvgIpc) is 2.94. The molecule has 1 saturated heterocycles. The van der Waals surface area contributed by atoms with Crippen LogP contribution in [0.1, 0.15) is 30.9 Å². The van der Waals surface area contributed by atoms with Crippen LogP contribution in [0.2, 0.25) is 0 Å². The highest BCUT2D eigenvalue weighted by atomic mass is 16.5. The standard InChI is InChI=1S/C19H25NO5/c1-10-5-6-13(24-4)16-15(10)18-7-8-20(3)11(2)19(18,23)14(22)9-12(21)17(18)25-16/h5-6,11,14,17,22-23H,7-9H2,1-4H3/t11?,14-,17+,18+,19+/m1/s1. The number of hydrogen-bond acceptors (Lipinski definition) is 6. The van der Waals surface area contributed by atoms with Gasteiger partial charge in [-0.3, -0.25) is 4.79 Å². The fraction of sp³-hybridized carbons (Fsp3) is 0.632. The molecule has 4 rings (SSSR count). The van der Waals surface area contributed by atoms with E-state index in [9.17, 15) is 15.0 Å². The van der Waals surface area contributed by atoms with E-state index in [1.165, 1.54) is 0 Å². The van der Waals surface area contributed by atoms with Crippen LogP contribution in [0.3, 0.4) is 0 Å². The number of carbonyl (C=O) groups excluding carboxylic acids is 1. The fourth-order valence-corrected chi connectivity index (χ4v) is 5.33. The maximum Gasteiger partial charge on any atom is 0.177 e. The number of ketones is 1. The summed E-state index contributed by atoms with van der Waals surface area (Å²) >= 11 is 0. The first-order chi connectivity index (χ1) is 11.8. The molecule has 1 unspecified atom stereocenters. The molecule has 0 radical (unpaired) electrons. The van der Waals surface area contributed by atoms with Crippen LogP contribution in [0.5, 0.6) is 11.5 Å². The highest BCUT2D eigenvalue weighted by Crippen LogP contribution is 2.61. The number of aryl methyl sites for hydroxylation is 1. The first-order valence-corrected chi connectivity index (χ1v) is 8.77. The number of nitrogens with zero attached hydrogens (tertiary/aromatic N) is 1. The highest BCUT2D eigenvalue weighted by Gasteiger charge is 2.73. The van der Waals surface area contributed by atoms with Crippen LogP contribution in [0, 0.1) is 6.92 Å². The van der Waals surface area contributed by atoms with E-state index in [0.717, 1.165) is 11.1 Å². The average molecular weight is 347 g/mol. The Morgan fingerprint density at radius 3 is 2.80 bits per heavy atom. The summed E-state index contributed by atoms with van der Waals surface area (Å²) in [7, 11) is 3.50. The number of ether oxygens (including phenoxy) is 2. The number of methoxy groups -OCH3 is 1. The van der Waals surface area contributed by atoms with Crippen LogP contribution in [0.4, 0.5) is 0 Å². The lowest BCUT2D eigenvalue weighted by Crippen LogP contribution is -2.78. The van der Waals surface area contributed by atoms with E-state index in [0.29, 0.717) is 24.5 Å². The zero-order valence-electron chi connectivity index (χ0n) is 15.1. The van der Waals surface area contributed by atoms with Gasteiger partial charge in [0.1, 0.15) is 5.60 Å². The molecular formula is C19H25NO5. The molecule has 2 heterocycles. The number of fused-ring (bicyclic) bond motifs is 1. The zero-order chi connectivity index (χ0) is 18.1. The van der Waals surface area contributed by atoms with Crippen LogP contribution >= 0.6 is 0 Å². The molecule has 25 heavy (non-hydrogen) atoms. The Morgan fingerprint density at radius 2 is 2.12 bits per heavy atom. The fourth-order valence-electron chi connectivity index (χ4n) is 5.33. The van der Waals surface area contributed by atoms with Crippen LogP contribution in [-0.2, 0) is 10.2 Å². The molecule has 1 spiro atoms. The molecule has 2 fully saturated rings. The second-order valence-corrected chi connectivity index (χ2v) is 7.68. The van der Waals surface area contributed by atoms with Crippen LogP contribution < -0.4 is 9.47 Å². The molecule has 2 N–H and O–H groups in total. The Labute approximate surface area is 147 Å². The van der Waals surface area contributed by atoms with Gasteiger partial charge < -0.3 is 24.6 Å². The number of likely N-dealkylation sites (N-methyl/N-ethyl adjacent to an activating group) is 1. The Kier molecular flexibility index (Phi) is 3.49. The molecule has 1 aromatic rings. The third kappa shape index (κ3) is 1.77. The summed E-state index contributed by atoms with van der Waals surface area (Å²) in [5.41, 5.74) is -0.676. The summed E-state index contributed by atoms with van der Waals surface area (Å²) in [6, 6.07) is 3.43. The monoisotopic (exact) mass is 347 g/mol. The summed E-state index contributed by atoms with van der Waals surface area (Å²) < 4.78 is 11.6. The molecule has 6 heteroatoms. The molecule has 5 atom stereocenters. The third-order valence-corrected chi connectivity index (χ3v) is 6.75. The maximum atomic E-state index is 12.8. The van der Waals surface area contributed by atoms with Gasteiger partial charge in [0.15, 0.2) is 23.4 Å². The van der Waals surface area contributed by atoms with Crippen LogP contribution in [0.15, 0.2) is 12.1 Å². The first-order valence-electron chi connectivity index (χ1n) is 8.77. The van der Waals surface area contributed by atoms with Gasteiger partial charge in [0.05, 0.1) is 18.6 Å². The third-order valence-electron chi connectivity index (χ3n) is 6.75. The minimum absolute atomic E-state index is 0.101. The van der Waals surface area contributed by atoms with Gasteiger partial charge in [-0.2, -0.15) is 0 Å². The van der Waals surface area contributed by atoms with E-state index in [1.54, 1.807) is 7.11 Å². The van der Waals surface area contributed by atoms with E-state index in [2.05, 4.69) is 0 Å². The van der Waals surface area contributed by atoms with E-state index in [1.807, 2.05) is 37.9 Å². The first kappa shape index (κ1) is 16.8. The minimum Gasteiger partial charge on any atom is -0.493 e. The molecule has 3 aliphatic rings. The van der Waals surface area contributed by atoms with Crippen molar-refractivity contribution in [1.29, 1.82) is 0 Å². The number of aliphatic hydroxyl groups excluding tert-OH is 1. The highest BCUT2D eigenvalue weighted by molar-refractivity contribution is 5.90. The number of piperidine rings is 1. The summed E-state index contributed by atoms with van der Waals surface area (Å²) in [6.07, 6.45) is -1.48. The number of rotatable bonds is 1. The predicted octanol–water partition coefficient (Wildman–Crippen LogP) is 0.791. The van der Waals surface area contributed by atoms with Crippen molar-refractivity contribution in [2.75, 3.05) is 20.7 Å². The summed E-state index contributed by atoms with van der Waals surface area (Å²) in [5, 5.41) is 22.7. The van der Waals surface area contributed by atoms with Gasteiger partial charge in [-0.05, 0) is 45.5 Å². The maximum absolute atomic E-state index is 12.8. The van der Waals surface area contributed by atoms with Gasteiger partial charge in [-0.1, -0.05) is 6.07 Å². The molecule has 2 aliphatic heterocycles. The SMILES string of the molecule is COc1ccc(C)c2c1O[C@H]1C(=O)C[C@@H](O)[C@@]3(O)C(C)N(C)CC[C@]213. The zero-order valence-corrected chi connectivity index (χ0v) is 15.1. The lowest BCUT2D eigenvalue weighted by molar-refractivity contribution is -0.219. The Morgan fingerprint density at radius 1 is 1.40 bits per heavy atom. The molecular weight excluding hydrogens is 322 g/mol. The van der Waals surface area contributed by atoms with Crippen molar-refractivity contribution in [3.05, 3.63) is 23.3 Å². The van der Waals surface area contributed by atoms with E-state index in [-0.39, 0.29) is 18.2 Å². The van der Waals surface area contributed by atoms with Crippen LogP contribution in [-0.4, -0.2) is 65.4 Å². The minimum atomic E-state index is -1.47. The molecule has 1 aliphatic carbocycles. The lowest BCUT2D eigenvalue weighted by Gasteiger charge is -2.60. The Bertz CT molecular complexity index is 750. The quantitative estimate of drug-likeness (QED) is 0.782. The molecule has 0 aromatic heterocycles. The second kappa shape index (κ2) is 5.19. The van der Waals surface area contributed by atoms with Crippen molar-refractivity contribution in [2.24, 2.45) is 0 Å². The Balaban J connectivity index is 2.04. The van der Waals surface area contributed by atoms with Crippen molar-refractivity contribution in [3.8, 4) is 11.5 Å². The molecule has 0 amide bonds. The van der Waals surface area contributed by atoms with Crippen molar-refractivity contribution < 1.29 is 24.5 Å². The summed E-state index contributed by atoms with van der Waals surface area (Å²) in [6.45, 7) is 4.57. The summed E-state index contributed by atoms with van der Waals surface area (Å²) in [4.78, 5) is 14.8. The number of aliphatic hydroxyl groups is 2. The van der Waals surface area contributed by atoms with Crippen molar-refractivity contribution in [2.45, 2.75) is 56.0 Å².